The second-order valence-electron chi connectivity index (χ2n) is 10.2. The summed E-state index contributed by atoms with van der Waals surface area (Å²) < 4.78 is 0. The van der Waals surface area contributed by atoms with Crippen molar-refractivity contribution in [3.63, 3.8) is 0 Å². The molecule has 0 radical (unpaired) electrons. The molecule has 4 atom stereocenters. The highest BCUT2D eigenvalue weighted by Crippen LogP contribution is 2.61. The summed E-state index contributed by atoms with van der Waals surface area (Å²) in [7, 11) is 0. The molecular formula is C30H37NO. The van der Waals surface area contributed by atoms with Gasteiger partial charge in [-0.25, -0.2) is 0 Å². The Balaban J connectivity index is 0.00000105. The number of aliphatic hydroxyl groups is 1. The van der Waals surface area contributed by atoms with Gasteiger partial charge in [-0.1, -0.05) is 63.1 Å². The maximum Gasteiger partial charge on any atom is 0.0933 e. The number of nitrogens with zero attached hydrogens (tertiary/aromatic N) is 1. The van der Waals surface area contributed by atoms with Crippen molar-refractivity contribution >= 4 is 16.3 Å². The maximum atomic E-state index is 12.1. The summed E-state index contributed by atoms with van der Waals surface area (Å²) in [4.78, 5) is 4.31. The van der Waals surface area contributed by atoms with E-state index in [0.29, 0.717) is 5.92 Å². The number of benzene rings is 1. The molecule has 0 bridgehead atoms. The van der Waals surface area contributed by atoms with E-state index >= 15 is 0 Å². The fourth-order valence-corrected chi connectivity index (χ4v) is 7.02. The molecule has 0 saturated heterocycles. The second-order valence-corrected chi connectivity index (χ2v) is 10.2. The number of allylic oxidation sites excluding steroid dienone is 4. The first-order chi connectivity index (χ1) is 15.6. The summed E-state index contributed by atoms with van der Waals surface area (Å²) >= 11 is 0. The molecule has 1 aromatic carbocycles. The van der Waals surface area contributed by atoms with Crippen LogP contribution in [0.5, 0.6) is 0 Å². The van der Waals surface area contributed by atoms with Crippen LogP contribution in [0.15, 0.2) is 66.0 Å². The summed E-state index contributed by atoms with van der Waals surface area (Å²) in [6, 6.07) is 8.83. The molecule has 0 aliphatic heterocycles. The number of rotatable bonds is 1. The van der Waals surface area contributed by atoms with Gasteiger partial charge in [0.2, 0.25) is 0 Å². The molecule has 168 valence electrons. The molecule has 32 heavy (non-hydrogen) atoms. The monoisotopic (exact) mass is 427 g/mol. The van der Waals surface area contributed by atoms with Gasteiger partial charge in [0.05, 0.1) is 5.60 Å². The summed E-state index contributed by atoms with van der Waals surface area (Å²) in [6.07, 6.45) is 20.3. The van der Waals surface area contributed by atoms with Crippen LogP contribution in [0.25, 0.3) is 16.3 Å². The molecule has 2 heteroatoms. The third-order valence-corrected chi connectivity index (χ3v) is 8.72. The van der Waals surface area contributed by atoms with E-state index in [-0.39, 0.29) is 11.3 Å². The van der Waals surface area contributed by atoms with Crippen LogP contribution < -0.4 is 0 Å². The van der Waals surface area contributed by atoms with Crippen molar-refractivity contribution in [2.75, 3.05) is 0 Å². The lowest BCUT2D eigenvalue weighted by atomic mass is 9.58. The number of hydrogen-bond acceptors (Lipinski definition) is 2. The van der Waals surface area contributed by atoms with Crippen LogP contribution in [-0.2, 0) is 0 Å². The second kappa shape index (κ2) is 8.30. The normalized spacial score (nSPS) is 33.4. The molecule has 4 aliphatic carbocycles. The summed E-state index contributed by atoms with van der Waals surface area (Å²) in [5, 5.41) is 14.6. The smallest absolute Gasteiger partial charge is 0.0933 e. The molecule has 1 aromatic heterocycles. The van der Waals surface area contributed by atoms with Crippen LogP contribution in [0, 0.1) is 17.3 Å². The van der Waals surface area contributed by atoms with Crippen LogP contribution in [0.3, 0.4) is 0 Å². The van der Waals surface area contributed by atoms with Gasteiger partial charge in [0, 0.05) is 29.1 Å². The Morgan fingerprint density at radius 2 is 1.91 bits per heavy atom. The van der Waals surface area contributed by atoms with Crippen molar-refractivity contribution < 1.29 is 5.11 Å². The van der Waals surface area contributed by atoms with Gasteiger partial charge in [0.25, 0.3) is 0 Å². The van der Waals surface area contributed by atoms with Gasteiger partial charge in [0.15, 0.2) is 0 Å². The largest absolute Gasteiger partial charge is 0.385 e. The quantitative estimate of drug-likeness (QED) is 0.507. The molecule has 1 fully saturated rings. The Kier molecular flexibility index (Phi) is 5.61. The Bertz CT molecular complexity index is 1110. The van der Waals surface area contributed by atoms with Gasteiger partial charge in [-0.15, -0.1) is 0 Å². The fourth-order valence-electron chi connectivity index (χ4n) is 7.02. The van der Waals surface area contributed by atoms with E-state index in [4.69, 9.17) is 0 Å². The lowest BCUT2D eigenvalue weighted by Gasteiger charge is -2.48. The summed E-state index contributed by atoms with van der Waals surface area (Å²) in [5.41, 5.74) is 4.84. The van der Waals surface area contributed by atoms with E-state index in [1.54, 1.807) is 5.57 Å². The van der Waals surface area contributed by atoms with Crippen molar-refractivity contribution in [3.8, 4) is 0 Å². The third kappa shape index (κ3) is 3.30. The van der Waals surface area contributed by atoms with Gasteiger partial charge in [-0.2, -0.15) is 0 Å². The topological polar surface area (TPSA) is 33.1 Å². The van der Waals surface area contributed by atoms with E-state index in [9.17, 15) is 5.11 Å². The summed E-state index contributed by atoms with van der Waals surface area (Å²) in [6.45, 7) is 6.39. The average Bonchev–Trinajstić information content (AvgIpc) is 3.12. The third-order valence-electron chi connectivity index (χ3n) is 8.72. The van der Waals surface area contributed by atoms with Crippen molar-refractivity contribution in [3.05, 3.63) is 71.6 Å². The minimum atomic E-state index is -0.687. The van der Waals surface area contributed by atoms with Gasteiger partial charge in [-0.05, 0) is 85.1 Å². The highest BCUT2D eigenvalue weighted by Gasteiger charge is 2.55. The molecule has 0 spiro atoms. The molecule has 4 aliphatic rings. The Labute approximate surface area is 193 Å². The van der Waals surface area contributed by atoms with Crippen molar-refractivity contribution in [1.82, 2.24) is 4.98 Å². The standard InChI is InChI=1S/C28H31NO.C2H6/c1-27-13-11-24-17-21-5-3-2-4-19(21)10-14-28(24,30)26(27)9-8-25(27)22-7-6-20-12-15-29-18-23(20)16-22;1-2/h6-8,11-12,15-19,26,30H,2-5,9-10,13-14H2,1H3;1-2H3/t19?,26?,27?,28-;/m1./s1. The molecule has 3 unspecified atom stereocenters. The SMILES string of the molecule is CC.CC12CC=C3C=C4CCCCC4CC[C@]3(O)C1CC=C2c1ccc2ccncc2c1. The highest BCUT2D eigenvalue weighted by molar-refractivity contribution is 5.87. The van der Waals surface area contributed by atoms with E-state index < -0.39 is 5.60 Å². The van der Waals surface area contributed by atoms with Crippen molar-refractivity contribution in [1.29, 1.82) is 0 Å². The van der Waals surface area contributed by atoms with Crippen molar-refractivity contribution in [2.45, 2.75) is 77.7 Å². The van der Waals surface area contributed by atoms with Gasteiger partial charge in [0.1, 0.15) is 0 Å². The lowest BCUT2D eigenvalue weighted by molar-refractivity contribution is -0.0327. The van der Waals surface area contributed by atoms with Gasteiger partial charge in [-0.3, -0.25) is 4.98 Å². The molecule has 0 amide bonds. The van der Waals surface area contributed by atoms with E-state index in [1.807, 2.05) is 26.2 Å². The zero-order valence-corrected chi connectivity index (χ0v) is 19.9. The maximum absolute atomic E-state index is 12.1. The van der Waals surface area contributed by atoms with Crippen LogP contribution in [0.2, 0.25) is 0 Å². The lowest BCUT2D eigenvalue weighted by Crippen LogP contribution is -2.48. The van der Waals surface area contributed by atoms with Crippen LogP contribution in [-0.4, -0.2) is 15.7 Å². The Morgan fingerprint density at radius 1 is 1.03 bits per heavy atom. The predicted molar refractivity (Wildman–Crippen MR) is 134 cm³/mol. The first-order valence-corrected chi connectivity index (χ1v) is 12.8. The molecule has 1 saturated carbocycles. The van der Waals surface area contributed by atoms with E-state index in [0.717, 1.165) is 25.7 Å². The number of pyridine rings is 1. The molecule has 1 N–H and O–H groups in total. The number of hydrogen-bond donors (Lipinski definition) is 1. The summed E-state index contributed by atoms with van der Waals surface area (Å²) in [5.74, 6) is 0.962. The molecule has 2 nitrogen and oxygen atoms in total. The first-order valence-electron chi connectivity index (χ1n) is 12.8. The highest BCUT2D eigenvalue weighted by atomic mass is 16.3. The van der Waals surface area contributed by atoms with Gasteiger partial charge < -0.3 is 5.11 Å². The molecule has 1 heterocycles. The average molecular weight is 428 g/mol. The van der Waals surface area contributed by atoms with E-state index in [2.05, 4.69) is 54.4 Å². The first kappa shape index (κ1) is 21.6. The predicted octanol–water partition coefficient (Wildman–Crippen LogP) is 7.64. The zero-order chi connectivity index (χ0) is 22.3. The molecule has 6 rings (SSSR count). The Morgan fingerprint density at radius 3 is 2.78 bits per heavy atom. The number of aromatic nitrogens is 1. The number of fused-ring (bicyclic) bond motifs is 5. The van der Waals surface area contributed by atoms with Crippen LogP contribution in [0.1, 0.15) is 77.7 Å². The van der Waals surface area contributed by atoms with Crippen molar-refractivity contribution in [2.24, 2.45) is 17.3 Å². The van der Waals surface area contributed by atoms with E-state index in [1.165, 1.54) is 53.2 Å². The zero-order valence-electron chi connectivity index (χ0n) is 19.9. The minimum Gasteiger partial charge on any atom is -0.385 e. The molecule has 2 aromatic rings. The fraction of sp³-hybridized carbons (Fsp3) is 0.500. The minimum absolute atomic E-state index is 0.0118. The molecular weight excluding hydrogens is 390 g/mol. The van der Waals surface area contributed by atoms with Crippen LogP contribution in [0.4, 0.5) is 0 Å². The Hall–Kier alpha value is -2.19. The van der Waals surface area contributed by atoms with Crippen LogP contribution >= 0.6 is 0 Å². The van der Waals surface area contributed by atoms with Gasteiger partial charge >= 0.3 is 0 Å².